The van der Waals surface area contributed by atoms with Gasteiger partial charge in [0.15, 0.2) is 5.82 Å². The second-order valence-corrected chi connectivity index (χ2v) is 6.63. The Balaban J connectivity index is 1.52. The van der Waals surface area contributed by atoms with E-state index in [9.17, 15) is 4.79 Å². The lowest BCUT2D eigenvalue weighted by Gasteiger charge is -2.09. The van der Waals surface area contributed by atoms with E-state index in [4.69, 9.17) is 4.74 Å². The first-order chi connectivity index (χ1) is 13.7. The molecule has 1 heterocycles. The van der Waals surface area contributed by atoms with Crippen molar-refractivity contribution in [2.45, 2.75) is 25.4 Å². The molecule has 2 aromatic carbocycles. The number of nitrogens with zero attached hydrogens (tertiary/aromatic N) is 3. The smallest absolute Gasteiger partial charge is 0.321 e. The highest BCUT2D eigenvalue weighted by Gasteiger charge is 2.23. The molecular formula is C21H21N5O2. The number of methoxy groups -OCH3 is 1. The van der Waals surface area contributed by atoms with E-state index in [2.05, 4.69) is 25.6 Å². The maximum Gasteiger partial charge on any atom is 0.321 e. The first-order valence-electron chi connectivity index (χ1n) is 9.20. The second-order valence-electron chi connectivity index (χ2n) is 6.63. The zero-order valence-electron chi connectivity index (χ0n) is 15.6. The van der Waals surface area contributed by atoms with Gasteiger partial charge in [0.2, 0.25) is 5.95 Å². The van der Waals surface area contributed by atoms with E-state index < -0.39 is 0 Å². The number of nitrogens with one attached hydrogen (secondary N) is 2. The number of anilines is 1. The van der Waals surface area contributed by atoms with Crippen molar-refractivity contribution in [3.63, 3.8) is 0 Å². The first-order valence-corrected chi connectivity index (χ1v) is 9.20. The summed E-state index contributed by atoms with van der Waals surface area (Å²) in [5.41, 5.74) is 2.53. The van der Waals surface area contributed by atoms with Gasteiger partial charge in [0.25, 0.3) is 5.91 Å². The van der Waals surface area contributed by atoms with Gasteiger partial charge in [0, 0.05) is 23.7 Å². The lowest BCUT2D eigenvalue weighted by atomic mass is 10.1. The summed E-state index contributed by atoms with van der Waals surface area (Å²) < 4.78 is 5.22. The van der Waals surface area contributed by atoms with Crippen LogP contribution >= 0.6 is 0 Å². The molecular weight excluding hydrogens is 354 g/mol. The van der Waals surface area contributed by atoms with Gasteiger partial charge < -0.3 is 15.4 Å². The van der Waals surface area contributed by atoms with Crippen molar-refractivity contribution in [1.29, 1.82) is 0 Å². The summed E-state index contributed by atoms with van der Waals surface area (Å²) in [5.74, 6) is 0.866. The fourth-order valence-corrected chi connectivity index (χ4v) is 2.70. The molecule has 1 fully saturated rings. The van der Waals surface area contributed by atoms with E-state index in [1.165, 1.54) is 7.11 Å². The molecule has 7 heteroatoms. The predicted octanol–water partition coefficient (Wildman–Crippen LogP) is 3.05. The minimum absolute atomic E-state index is 0.0486. The number of benzene rings is 2. The molecule has 1 saturated carbocycles. The molecule has 1 aliphatic carbocycles. The van der Waals surface area contributed by atoms with Gasteiger partial charge in [0.1, 0.15) is 0 Å². The summed E-state index contributed by atoms with van der Waals surface area (Å²) in [4.78, 5) is 25.2. The van der Waals surface area contributed by atoms with Gasteiger partial charge in [-0.2, -0.15) is 15.0 Å². The lowest BCUT2D eigenvalue weighted by molar-refractivity contribution is 0.0951. The summed E-state index contributed by atoms with van der Waals surface area (Å²) in [7, 11) is 1.52. The number of amides is 1. The lowest BCUT2D eigenvalue weighted by Crippen LogP contribution is -2.25. The molecule has 0 aliphatic heterocycles. The van der Waals surface area contributed by atoms with Crippen LogP contribution in [0.5, 0.6) is 6.01 Å². The van der Waals surface area contributed by atoms with E-state index in [0.29, 0.717) is 29.9 Å². The topological polar surface area (TPSA) is 89.0 Å². The molecule has 1 amide bonds. The molecule has 4 rings (SSSR count). The van der Waals surface area contributed by atoms with Crippen LogP contribution in [0.2, 0.25) is 0 Å². The molecule has 0 saturated heterocycles. The number of carbonyl (C=O) groups is 1. The zero-order valence-corrected chi connectivity index (χ0v) is 15.6. The highest BCUT2D eigenvalue weighted by molar-refractivity contribution is 5.94. The highest BCUT2D eigenvalue weighted by atomic mass is 16.5. The molecule has 0 spiro atoms. The Morgan fingerprint density at radius 1 is 1.04 bits per heavy atom. The largest absolute Gasteiger partial charge is 0.467 e. The van der Waals surface area contributed by atoms with Gasteiger partial charge in [0.05, 0.1) is 7.11 Å². The van der Waals surface area contributed by atoms with Gasteiger partial charge in [-0.3, -0.25) is 4.79 Å². The monoisotopic (exact) mass is 375 g/mol. The molecule has 1 aliphatic rings. The van der Waals surface area contributed by atoms with Gasteiger partial charge in [-0.1, -0.05) is 42.5 Å². The van der Waals surface area contributed by atoms with Crippen LogP contribution in [0.1, 0.15) is 28.8 Å². The van der Waals surface area contributed by atoms with Crippen molar-refractivity contribution in [1.82, 2.24) is 20.3 Å². The fraction of sp³-hybridized carbons (Fsp3) is 0.238. The normalized spacial score (nSPS) is 13.0. The number of hydrogen-bond acceptors (Lipinski definition) is 6. The Morgan fingerprint density at radius 2 is 1.79 bits per heavy atom. The summed E-state index contributed by atoms with van der Waals surface area (Å²) in [6.45, 7) is 0.591. The van der Waals surface area contributed by atoms with Crippen molar-refractivity contribution in [2.24, 2.45) is 0 Å². The number of ether oxygens (including phenoxy) is 1. The third-order valence-electron chi connectivity index (χ3n) is 4.41. The van der Waals surface area contributed by atoms with Crippen LogP contribution in [0.3, 0.4) is 0 Å². The molecule has 0 bridgehead atoms. The van der Waals surface area contributed by atoms with Gasteiger partial charge in [-0.05, 0) is 30.5 Å². The number of aromatic nitrogens is 3. The van der Waals surface area contributed by atoms with Crippen LogP contribution in [0.4, 0.5) is 5.95 Å². The number of hydrogen-bond donors (Lipinski definition) is 2. The van der Waals surface area contributed by atoms with E-state index in [1.54, 1.807) is 12.1 Å². The fourth-order valence-electron chi connectivity index (χ4n) is 2.70. The summed E-state index contributed by atoms with van der Waals surface area (Å²) in [5, 5.41) is 6.18. The van der Waals surface area contributed by atoms with Crippen molar-refractivity contribution >= 4 is 11.9 Å². The van der Waals surface area contributed by atoms with Crippen molar-refractivity contribution in [2.75, 3.05) is 12.4 Å². The van der Waals surface area contributed by atoms with E-state index in [0.717, 1.165) is 24.0 Å². The van der Waals surface area contributed by atoms with E-state index >= 15 is 0 Å². The standard InChI is InChI=1S/C21H21N5O2/c1-28-21-25-18(24-20(26-21)22-13-14-5-3-2-4-6-14)15-7-9-16(10-8-15)19(27)23-17-11-12-17/h2-10,17H,11-13H2,1H3,(H,23,27)(H,22,24,25,26). The van der Waals surface area contributed by atoms with E-state index in [-0.39, 0.29) is 11.9 Å². The first kappa shape index (κ1) is 17.9. The minimum Gasteiger partial charge on any atom is -0.467 e. The Labute approximate surface area is 163 Å². The van der Waals surface area contributed by atoms with Crippen molar-refractivity contribution in [3.8, 4) is 17.4 Å². The number of rotatable bonds is 7. The van der Waals surface area contributed by atoms with Crippen LogP contribution in [0.15, 0.2) is 54.6 Å². The predicted molar refractivity (Wildman–Crippen MR) is 106 cm³/mol. The van der Waals surface area contributed by atoms with E-state index in [1.807, 2.05) is 42.5 Å². The minimum atomic E-state index is -0.0486. The quantitative estimate of drug-likeness (QED) is 0.660. The average Bonchev–Trinajstić information content (AvgIpc) is 3.57. The Kier molecular flexibility index (Phi) is 5.14. The molecule has 142 valence electrons. The Hall–Kier alpha value is -3.48. The molecule has 1 aromatic heterocycles. The van der Waals surface area contributed by atoms with Crippen LogP contribution < -0.4 is 15.4 Å². The number of carbonyl (C=O) groups excluding carboxylic acids is 1. The van der Waals surface area contributed by atoms with Gasteiger partial charge in [-0.25, -0.2) is 0 Å². The summed E-state index contributed by atoms with van der Waals surface area (Å²) in [6.07, 6.45) is 2.13. The summed E-state index contributed by atoms with van der Waals surface area (Å²) in [6, 6.07) is 17.8. The van der Waals surface area contributed by atoms with Crippen molar-refractivity contribution < 1.29 is 9.53 Å². The van der Waals surface area contributed by atoms with Crippen LogP contribution in [0, 0.1) is 0 Å². The SMILES string of the molecule is COc1nc(NCc2ccccc2)nc(-c2ccc(C(=O)NC3CC3)cc2)n1. The molecule has 3 aromatic rings. The van der Waals surface area contributed by atoms with Gasteiger partial charge in [-0.15, -0.1) is 0 Å². The van der Waals surface area contributed by atoms with Gasteiger partial charge >= 0.3 is 6.01 Å². The third kappa shape index (κ3) is 4.43. The molecule has 0 radical (unpaired) electrons. The maximum absolute atomic E-state index is 12.1. The second kappa shape index (κ2) is 8.04. The van der Waals surface area contributed by atoms with Crippen LogP contribution in [0.25, 0.3) is 11.4 Å². The molecule has 0 unspecified atom stereocenters. The highest BCUT2D eigenvalue weighted by Crippen LogP contribution is 2.22. The maximum atomic E-state index is 12.1. The summed E-state index contributed by atoms with van der Waals surface area (Å²) >= 11 is 0. The molecule has 7 nitrogen and oxygen atoms in total. The molecule has 0 atom stereocenters. The Bertz CT molecular complexity index is 956. The molecule has 2 N–H and O–H groups in total. The average molecular weight is 375 g/mol. The van der Waals surface area contributed by atoms with Crippen LogP contribution in [-0.2, 0) is 6.54 Å². The molecule has 28 heavy (non-hydrogen) atoms. The Morgan fingerprint density at radius 3 is 2.46 bits per heavy atom. The zero-order chi connectivity index (χ0) is 19.3. The van der Waals surface area contributed by atoms with Crippen molar-refractivity contribution in [3.05, 3.63) is 65.7 Å². The van der Waals surface area contributed by atoms with Crippen LogP contribution in [-0.4, -0.2) is 34.0 Å². The third-order valence-corrected chi connectivity index (χ3v) is 4.41.